The van der Waals surface area contributed by atoms with Crippen molar-refractivity contribution in [1.82, 2.24) is 0 Å². The van der Waals surface area contributed by atoms with Gasteiger partial charge in [-0.1, -0.05) is 12.1 Å². The Labute approximate surface area is 102 Å². The molecule has 5 heteroatoms. The van der Waals surface area contributed by atoms with E-state index in [2.05, 4.69) is 5.32 Å². The first-order valence-electron chi connectivity index (χ1n) is 5.41. The number of alkyl halides is 3. The lowest BCUT2D eigenvalue weighted by molar-refractivity contribution is -0.137. The van der Waals surface area contributed by atoms with Gasteiger partial charge in [-0.3, -0.25) is 0 Å². The Morgan fingerprint density at radius 1 is 1.17 bits per heavy atom. The second-order valence-corrected chi connectivity index (χ2v) is 3.92. The molecule has 1 aromatic carbocycles. The van der Waals surface area contributed by atoms with Crippen molar-refractivity contribution in [2.45, 2.75) is 19.6 Å². The average Bonchev–Trinajstić information content (AvgIpc) is 2.71. The molecule has 0 saturated heterocycles. The van der Waals surface area contributed by atoms with Crippen LogP contribution in [0.3, 0.4) is 0 Å². The van der Waals surface area contributed by atoms with Crippen LogP contribution in [0.15, 0.2) is 41.0 Å². The smallest absolute Gasteiger partial charge is 0.418 e. The Morgan fingerprint density at radius 3 is 2.50 bits per heavy atom. The number of hydrogen-bond acceptors (Lipinski definition) is 2. The summed E-state index contributed by atoms with van der Waals surface area (Å²) in [7, 11) is 0. The Bertz CT molecular complexity index is 531. The first-order chi connectivity index (χ1) is 8.48. The molecule has 1 N–H and O–H groups in total. The molecular formula is C13H12F3NO. The van der Waals surface area contributed by atoms with Gasteiger partial charge in [0.15, 0.2) is 0 Å². The Balaban J connectivity index is 2.17. The van der Waals surface area contributed by atoms with Crippen LogP contribution in [-0.2, 0) is 12.7 Å². The molecule has 0 atom stereocenters. The third kappa shape index (κ3) is 2.67. The molecule has 0 unspecified atom stereocenters. The molecule has 0 aliphatic heterocycles. The number of nitrogens with one attached hydrogen (secondary N) is 1. The number of para-hydroxylation sites is 1. The fourth-order valence-electron chi connectivity index (χ4n) is 1.65. The van der Waals surface area contributed by atoms with Crippen LogP contribution in [0.5, 0.6) is 0 Å². The summed E-state index contributed by atoms with van der Waals surface area (Å²) in [5.41, 5.74) is 0.294. The van der Waals surface area contributed by atoms with E-state index in [9.17, 15) is 13.2 Å². The molecule has 18 heavy (non-hydrogen) atoms. The molecular weight excluding hydrogens is 243 g/mol. The number of furan rings is 1. The van der Waals surface area contributed by atoms with Gasteiger partial charge in [-0.25, -0.2) is 0 Å². The SMILES string of the molecule is Cc1ccoc1CNc1ccccc1C(F)(F)F. The molecule has 1 heterocycles. The third-order valence-corrected chi connectivity index (χ3v) is 2.64. The van der Waals surface area contributed by atoms with Gasteiger partial charge in [0, 0.05) is 5.69 Å². The van der Waals surface area contributed by atoms with Gasteiger partial charge in [-0.05, 0) is 30.7 Å². The van der Waals surface area contributed by atoms with Crippen LogP contribution in [0.1, 0.15) is 16.9 Å². The van der Waals surface area contributed by atoms with E-state index in [0.29, 0.717) is 5.76 Å². The predicted octanol–water partition coefficient (Wildman–Crippen LogP) is 4.22. The van der Waals surface area contributed by atoms with Crippen molar-refractivity contribution >= 4 is 5.69 Å². The highest BCUT2D eigenvalue weighted by Crippen LogP contribution is 2.34. The van der Waals surface area contributed by atoms with E-state index < -0.39 is 11.7 Å². The van der Waals surface area contributed by atoms with Gasteiger partial charge in [-0.15, -0.1) is 0 Å². The van der Waals surface area contributed by atoms with Gasteiger partial charge in [0.1, 0.15) is 5.76 Å². The highest BCUT2D eigenvalue weighted by Gasteiger charge is 2.33. The normalized spacial score (nSPS) is 11.6. The zero-order valence-corrected chi connectivity index (χ0v) is 9.71. The fraction of sp³-hybridized carbons (Fsp3) is 0.231. The van der Waals surface area contributed by atoms with Gasteiger partial charge in [0.05, 0.1) is 18.4 Å². The van der Waals surface area contributed by atoms with Crippen molar-refractivity contribution in [3.05, 3.63) is 53.5 Å². The zero-order valence-electron chi connectivity index (χ0n) is 9.71. The lowest BCUT2D eigenvalue weighted by Crippen LogP contribution is -2.10. The second-order valence-electron chi connectivity index (χ2n) is 3.92. The van der Waals surface area contributed by atoms with E-state index in [1.807, 2.05) is 6.92 Å². The summed E-state index contributed by atoms with van der Waals surface area (Å²) in [6.07, 6.45) is -2.84. The van der Waals surface area contributed by atoms with Crippen LogP contribution in [0.25, 0.3) is 0 Å². The number of rotatable bonds is 3. The van der Waals surface area contributed by atoms with Crippen LogP contribution >= 0.6 is 0 Å². The van der Waals surface area contributed by atoms with Crippen LogP contribution in [0.4, 0.5) is 18.9 Å². The summed E-state index contributed by atoms with van der Waals surface area (Å²) in [6.45, 7) is 2.07. The first-order valence-corrected chi connectivity index (χ1v) is 5.41. The van der Waals surface area contributed by atoms with E-state index in [0.717, 1.165) is 11.6 Å². The number of hydrogen-bond donors (Lipinski definition) is 1. The predicted molar refractivity (Wildman–Crippen MR) is 62.2 cm³/mol. The molecule has 2 rings (SSSR count). The Kier molecular flexibility index (Phi) is 3.32. The standard InChI is InChI=1S/C13H12F3NO/c1-9-6-7-18-12(9)8-17-11-5-3-2-4-10(11)13(14,15)16/h2-7,17H,8H2,1H3. The topological polar surface area (TPSA) is 25.2 Å². The molecule has 0 fully saturated rings. The minimum Gasteiger partial charge on any atom is -0.467 e. The average molecular weight is 255 g/mol. The summed E-state index contributed by atoms with van der Waals surface area (Å²) < 4.78 is 43.4. The van der Waals surface area contributed by atoms with Crippen LogP contribution in [-0.4, -0.2) is 0 Å². The lowest BCUT2D eigenvalue weighted by atomic mass is 10.1. The molecule has 0 aliphatic rings. The number of aryl methyl sites for hydroxylation is 1. The second kappa shape index (κ2) is 4.76. The summed E-state index contributed by atoms with van der Waals surface area (Å²) in [6, 6.07) is 7.16. The highest BCUT2D eigenvalue weighted by atomic mass is 19.4. The fourth-order valence-corrected chi connectivity index (χ4v) is 1.65. The summed E-state index contributed by atoms with van der Waals surface area (Å²) in [5, 5.41) is 2.75. The molecule has 96 valence electrons. The van der Waals surface area contributed by atoms with E-state index in [1.54, 1.807) is 12.1 Å². The van der Waals surface area contributed by atoms with Crippen LogP contribution in [0, 0.1) is 6.92 Å². The van der Waals surface area contributed by atoms with Gasteiger partial charge >= 0.3 is 6.18 Å². The lowest BCUT2D eigenvalue weighted by Gasteiger charge is -2.13. The molecule has 0 radical (unpaired) electrons. The van der Waals surface area contributed by atoms with Crippen molar-refractivity contribution in [3.63, 3.8) is 0 Å². The van der Waals surface area contributed by atoms with Gasteiger partial charge < -0.3 is 9.73 Å². The molecule has 0 amide bonds. The first kappa shape index (κ1) is 12.5. The summed E-state index contributed by atoms with van der Waals surface area (Å²) >= 11 is 0. The zero-order chi connectivity index (χ0) is 13.2. The Hall–Kier alpha value is -1.91. The van der Waals surface area contributed by atoms with Crippen molar-refractivity contribution < 1.29 is 17.6 Å². The van der Waals surface area contributed by atoms with Gasteiger partial charge in [0.25, 0.3) is 0 Å². The number of anilines is 1. The Morgan fingerprint density at radius 2 is 1.89 bits per heavy atom. The van der Waals surface area contributed by atoms with Crippen molar-refractivity contribution in [2.24, 2.45) is 0 Å². The van der Waals surface area contributed by atoms with Crippen LogP contribution < -0.4 is 5.32 Å². The van der Waals surface area contributed by atoms with E-state index in [-0.39, 0.29) is 12.2 Å². The minimum atomic E-state index is -4.36. The maximum Gasteiger partial charge on any atom is 0.418 e. The quantitative estimate of drug-likeness (QED) is 0.888. The number of halogens is 3. The molecule has 2 aromatic rings. The molecule has 0 spiro atoms. The molecule has 1 aromatic heterocycles. The van der Waals surface area contributed by atoms with Crippen molar-refractivity contribution in [3.8, 4) is 0 Å². The maximum atomic E-state index is 12.7. The highest BCUT2D eigenvalue weighted by molar-refractivity contribution is 5.52. The van der Waals surface area contributed by atoms with Gasteiger partial charge in [0.2, 0.25) is 0 Å². The summed E-state index contributed by atoms with van der Waals surface area (Å²) in [4.78, 5) is 0. The largest absolute Gasteiger partial charge is 0.467 e. The van der Waals surface area contributed by atoms with E-state index in [1.165, 1.54) is 18.4 Å². The van der Waals surface area contributed by atoms with E-state index >= 15 is 0 Å². The number of benzene rings is 1. The van der Waals surface area contributed by atoms with Crippen molar-refractivity contribution in [1.29, 1.82) is 0 Å². The third-order valence-electron chi connectivity index (χ3n) is 2.64. The summed E-state index contributed by atoms with van der Waals surface area (Å²) in [5.74, 6) is 0.631. The van der Waals surface area contributed by atoms with Gasteiger partial charge in [-0.2, -0.15) is 13.2 Å². The van der Waals surface area contributed by atoms with Crippen molar-refractivity contribution in [2.75, 3.05) is 5.32 Å². The molecule has 0 aliphatic carbocycles. The van der Waals surface area contributed by atoms with Crippen LogP contribution in [0.2, 0.25) is 0 Å². The molecule has 0 bridgehead atoms. The molecule has 0 saturated carbocycles. The minimum absolute atomic E-state index is 0.0563. The molecule has 2 nitrogen and oxygen atoms in total. The van der Waals surface area contributed by atoms with E-state index in [4.69, 9.17) is 4.42 Å². The maximum absolute atomic E-state index is 12.7. The monoisotopic (exact) mass is 255 g/mol.